The van der Waals surface area contributed by atoms with Crippen LogP contribution in [-0.2, 0) is 12.8 Å². The number of aryl methyl sites for hydroxylation is 1. The number of hydrogen-bond acceptors (Lipinski definition) is 2. The molecule has 1 aliphatic carbocycles. The predicted molar refractivity (Wildman–Crippen MR) is 122 cm³/mol. The highest BCUT2D eigenvalue weighted by molar-refractivity contribution is 6.13. The Bertz CT molecular complexity index is 1620. The normalized spacial score (nSPS) is 13.7. The summed E-state index contributed by atoms with van der Waals surface area (Å²) in [6.07, 6.45) is 2.04. The van der Waals surface area contributed by atoms with Crippen molar-refractivity contribution >= 4 is 43.8 Å². The minimum Gasteiger partial charge on any atom is -0.456 e. The van der Waals surface area contributed by atoms with Gasteiger partial charge in [0.05, 0.1) is 5.52 Å². The van der Waals surface area contributed by atoms with Crippen molar-refractivity contribution in [1.82, 2.24) is 4.57 Å². The van der Waals surface area contributed by atoms with Gasteiger partial charge in [0.15, 0.2) is 0 Å². The van der Waals surface area contributed by atoms with E-state index in [-0.39, 0.29) is 0 Å². The van der Waals surface area contributed by atoms with E-state index in [0.717, 1.165) is 35.4 Å². The number of rotatable bonds is 1. The summed E-state index contributed by atoms with van der Waals surface area (Å²) >= 11 is 0. The molecular formula is C27H21NO2. The molecule has 0 spiro atoms. The molecule has 1 aliphatic rings. The van der Waals surface area contributed by atoms with Crippen LogP contribution < -0.4 is 0 Å². The van der Waals surface area contributed by atoms with Gasteiger partial charge >= 0.3 is 0 Å². The van der Waals surface area contributed by atoms with E-state index in [1.165, 1.54) is 43.9 Å². The minimum absolute atomic E-state index is 0.365. The highest BCUT2D eigenvalue weighted by Crippen LogP contribution is 2.47. The number of nitrogens with zero attached hydrogens (tertiary/aromatic N) is 1. The maximum atomic E-state index is 6.46. The summed E-state index contributed by atoms with van der Waals surface area (Å²) in [4.78, 5) is 0. The molecule has 0 N–H and O–H groups in total. The summed E-state index contributed by atoms with van der Waals surface area (Å²) in [6.45, 7) is 4.52. The van der Waals surface area contributed by atoms with E-state index in [2.05, 4.69) is 66.9 Å². The Morgan fingerprint density at radius 2 is 1.47 bits per heavy atom. The van der Waals surface area contributed by atoms with Gasteiger partial charge in [-0.15, -0.1) is 0 Å². The molecule has 0 fully saturated rings. The summed E-state index contributed by atoms with van der Waals surface area (Å²) in [5, 5.41) is 4.85. The maximum absolute atomic E-state index is 6.46. The van der Waals surface area contributed by atoms with E-state index in [0.29, 0.717) is 6.04 Å². The molecule has 146 valence electrons. The van der Waals surface area contributed by atoms with Crippen LogP contribution in [0.2, 0.25) is 0 Å². The van der Waals surface area contributed by atoms with Gasteiger partial charge in [-0.1, -0.05) is 36.4 Å². The van der Waals surface area contributed by atoms with Gasteiger partial charge in [-0.25, -0.2) is 0 Å². The SMILES string of the molecule is CC(C)n1c2c(c3cc4c(cc31)oc1ccccc14)-c1oc3ccccc3c1CC2. The van der Waals surface area contributed by atoms with Crippen molar-refractivity contribution in [2.75, 3.05) is 0 Å². The number of hydrogen-bond donors (Lipinski definition) is 0. The van der Waals surface area contributed by atoms with Gasteiger partial charge in [0.1, 0.15) is 22.5 Å². The van der Waals surface area contributed by atoms with Crippen LogP contribution in [0.25, 0.3) is 55.1 Å². The monoisotopic (exact) mass is 391 g/mol. The Morgan fingerprint density at radius 1 is 0.733 bits per heavy atom. The first-order chi connectivity index (χ1) is 14.7. The van der Waals surface area contributed by atoms with Crippen LogP contribution >= 0.6 is 0 Å². The zero-order valence-electron chi connectivity index (χ0n) is 17.0. The van der Waals surface area contributed by atoms with Crippen molar-refractivity contribution in [3.05, 3.63) is 71.9 Å². The fourth-order valence-electron chi connectivity index (χ4n) is 5.46. The van der Waals surface area contributed by atoms with Crippen molar-refractivity contribution in [3.63, 3.8) is 0 Å². The van der Waals surface area contributed by atoms with Crippen molar-refractivity contribution in [2.24, 2.45) is 0 Å². The zero-order valence-corrected chi connectivity index (χ0v) is 17.0. The van der Waals surface area contributed by atoms with Gasteiger partial charge in [-0.3, -0.25) is 0 Å². The third-order valence-corrected chi connectivity index (χ3v) is 6.66. The van der Waals surface area contributed by atoms with Crippen LogP contribution in [0.15, 0.2) is 69.5 Å². The van der Waals surface area contributed by atoms with Gasteiger partial charge in [-0.2, -0.15) is 0 Å². The zero-order chi connectivity index (χ0) is 20.0. The summed E-state index contributed by atoms with van der Waals surface area (Å²) in [7, 11) is 0. The number of furan rings is 2. The van der Waals surface area contributed by atoms with Crippen molar-refractivity contribution < 1.29 is 8.83 Å². The van der Waals surface area contributed by atoms with Gasteiger partial charge in [0.2, 0.25) is 0 Å². The molecule has 0 radical (unpaired) electrons. The first-order valence-corrected chi connectivity index (χ1v) is 10.7. The predicted octanol–water partition coefficient (Wildman–Crippen LogP) is 7.63. The molecule has 6 aromatic rings. The third-order valence-electron chi connectivity index (χ3n) is 6.66. The molecule has 0 amide bonds. The van der Waals surface area contributed by atoms with Crippen LogP contribution in [-0.4, -0.2) is 4.57 Å². The van der Waals surface area contributed by atoms with E-state index < -0.39 is 0 Å². The molecule has 3 heterocycles. The van der Waals surface area contributed by atoms with E-state index in [4.69, 9.17) is 8.83 Å². The molecule has 0 atom stereocenters. The average Bonchev–Trinajstić information content (AvgIpc) is 3.40. The van der Waals surface area contributed by atoms with Gasteiger partial charge in [-0.05, 0) is 44.9 Å². The molecular weight excluding hydrogens is 370 g/mol. The smallest absolute Gasteiger partial charge is 0.141 e. The van der Waals surface area contributed by atoms with E-state index in [1.54, 1.807) is 0 Å². The molecule has 30 heavy (non-hydrogen) atoms. The lowest BCUT2D eigenvalue weighted by Gasteiger charge is -2.18. The Hall–Kier alpha value is -3.46. The fraction of sp³-hybridized carbons (Fsp3) is 0.185. The van der Waals surface area contributed by atoms with Crippen LogP contribution in [0, 0.1) is 0 Å². The molecule has 7 rings (SSSR count). The summed E-state index contributed by atoms with van der Waals surface area (Å²) in [5.74, 6) is 1.05. The lowest BCUT2D eigenvalue weighted by molar-refractivity contribution is 0.580. The molecule has 3 aromatic heterocycles. The Morgan fingerprint density at radius 3 is 2.27 bits per heavy atom. The van der Waals surface area contributed by atoms with E-state index in [1.807, 2.05) is 12.1 Å². The molecule has 0 saturated heterocycles. The topological polar surface area (TPSA) is 31.2 Å². The summed E-state index contributed by atoms with van der Waals surface area (Å²) in [5.41, 5.74) is 8.09. The number of aromatic nitrogens is 1. The summed E-state index contributed by atoms with van der Waals surface area (Å²) in [6, 6.07) is 21.6. The van der Waals surface area contributed by atoms with Crippen LogP contribution in [0.3, 0.4) is 0 Å². The lowest BCUT2D eigenvalue weighted by atomic mass is 9.92. The first kappa shape index (κ1) is 16.3. The molecule has 0 saturated carbocycles. The Kier molecular flexibility index (Phi) is 3.04. The van der Waals surface area contributed by atoms with Crippen LogP contribution in [0.5, 0.6) is 0 Å². The highest BCUT2D eigenvalue weighted by Gasteiger charge is 2.30. The number of benzene rings is 3. The standard InChI is InChI=1S/C27H21NO2/c1-15(2)28-21-12-11-18-16-7-3-6-10-24(16)30-27(18)26(21)20-13-19-17-8-4-5-9-23(17)29-25(19)14-22(20)28/h3-10,13-15H,11-12H2,1-2H3. The number of fused-ring (bicyclic) bond motifs is 10. The molecule has 3 aromatic carbocycles. The second-order valence-electron chi connectivity index (χ2n) is 8.66. The van der Waals surface area contributed by atoms with Crippen molar-refractivity contribution in [2.45, 2.75) is 32.7 Å². The largest absolute Gasteiger partial charge is 0.456 e. The molecule has 3 nitrogen and oxygen atoms in total. The molecule has 3 heteroatoms. The van der Waals surface area contributed by atoms with Gasteiger partial charge in [0.25, 0.3) is 0 Å². The third kappa shape index (κ3) is 1.95. The minimum atomic E-state index is 0.365. The summed E-state index contributed by atoms with van der Waals surface area (Å²) < 4.78 is 15.2. The van der Waals surface area contributed by atoms with Crippen molar-refractivity contribution in [1.29, 1.82) is 0 Å². The second-order valence-corrected chi connectivity index (χ2v) is 8.66. The average molecular weight is 391 g/mol. The molecule has 0 unspecified atom stereocenters. The first-order valence-electron chi connectivity index (χ1n) is 10.7. The van der Waals surface area contributed by atoms with Gasteiger partial charge < -0.3 is 13.4 Å². The van der Waals surface area contributed by atoms with E-state index >= 15 is 0 Å². The van der Waals surface area contributed by atoms with Gasteiger partial charge in [0, 0.05) is 50.5 Å². The van der Waals surface area contributed by atoms with Crippen LogP contribution in [0.1, 0.15) is 31.1 Å². The second kappa shape index (κ2) is 5.57. The molecule has 0 bridgehead atoms. The van der Waals surface area contributed by atoms with Crippen LogP contribution in [0.4, 0.5) is 0 Å². The highest BCUT2D eigenvalue weighted by atomic mass is 16.3. The maximum Gasteiger partial charge on any atom is 0.141 e. The Balaban J connectivity index is 1.67. The van der Waals surface area contributed by atoms with E-state index in [9.17, 15) is 0 Å². The van der Waals surface area contributed by atoms with Crippen molar-refractivity contribution in [3.8, 4) is 11.3 Å². The lowest BCUT2D eigenvalue weighted by Crippen LogP contribution is -2.10. The quantitative estimate of drug-likeness (QED) is 0.288. The number of para-hydroxylation sites is 2. The molecule has 0 aliphatic heterocycles. The Labute approximate surface area is 173 Å². The fourth-order valence-corrected chi connectivity index (χ4v) is 5.46.